The lowest BCUT2D eigenvalue weighted by Gasteiger charge is -2.11. The van der Waals surface area contributed by atoms with Crippen LogP contribution in [0, 0.1) is 0 Å². The maximum Gasteiger partial charge on any atom is 0.191 e. The summed E-state index contributed by atoms with van der Waals surface area (Å²) in [5.74, 6) is 0.835. The van der Waals surface area contributed by atoms with Gasteiger partial charge in [-0.05, 0) is 37.5 Å². The molecule has 162 valence electrons. The van der Waals surface area contributed by atoms with Gasteiger partial charge in [0.2, 0.25) is 0 Å². The van der Waals surface area contributed by atoms with E-state index in [-0.39, 0.29) is 24.0 Å². The molecule has 2 rings (SSSR count). The molecule has 2 aromatic rings. The maximum atomic E-state index is 5.64. The highest BCUT2D eigenvalue weighted by molar-refractivity contribution is 14.0. The topological polar surface area (TPSA) is 72.7 Å². The summed E-state index contributed by atoms with van der Waals surface area (Å²) < 4.78 is 12.9. The van der Waals surface area contributed by atoms with Gasteiger partial charge in [-0.15, -0.1) is 24.0 Å². The second-order valence-electron chi connectivity index (χ2n) is 6.31. The van der Waals surface area contributed by atoms with Crippen LogP contribution in [0.1, 0.15) is 31.4 Å². The lowest BCUT2D eigenvalue weighted by Crippen LogP contribution is -2.38. The van der Waals surface area contributed by atoms with E-state index in [4.69, 9.17) is 14.5 Å². The summed E-state index contributed by atoms with van der Waals surface area (Å²) in [5.41, 5.74) is 2.32. The van der Waals surface area contributed by atoms with Crippen LogP contribution in [0.15, 0.2) is 47.7 Å². The average Bonchev–Trinajstić information content (AvgIpc) is 3.23. The molecule has 0 bridgehead atoms. The molecule has 29 heavy (non-hydrogen) atoms. The number of rotatable bonds is 13. The van der Waals surface area contributed by atoms with Gasteiger partial charge in [0.15, 0.2) is 5.96 Å². The molecule has 1 aromatic heterocycles. The van der Waals surface area contributed by atoms with Crippen molar-refractivity contribution in [1.82, 2.24) is 20.4 Å². The lowest BCUT2D eigenvalue weighted by atomic mass is 10.1. The number of aliphatic imine (C=N–C) groups is 1. The smallest absolute Gasteiger partial charge is 0.191 e. The fourth-order valence-corrected chi connectivity index (χ4v) is 2.66. The maximum absolute atomic E-state index is 5.64. The van der Waals surface area contributed by atoms with Crippen molar-refractivity contribution in [3.8, 4) is 0 Å². The minimum absolute atomic E-state index is 0. The van der Waals surface area contributed by atoms with Gasteiger partial charge in [0.25, 0.3) is 0 Å². The zero-order valence-corrected chi connectivity index (χ0v) is 19.8. The molecule has 0 atom stereocenters. The molecular weight excluding hydrogens is 481 g/mol. The first-order valence-corrected chi connectivity index (χ1v) is 10.0. The number of halogens is 1. The second kappa shape index (κ2) is 16.2. The molecule has 0 aliphatic carbocycles. The van der Waals surface area contributed by atoms with E-state index in [9.17, 15) is 0 Å². The number of aromatic nitrogens is 2. The van der Waals surface area contributed by atoms with Crippen molar-refractivity contribution in [3.05, 3.63) is 53.9 Å². The summed E-state index contributed by atoms with van der Waals surface area (Å²) in [6.07, 6.45) is 4.77. The van der Waals surface area contributed by atoms with Gasteiger partial charge in [-0.3, -0.25) is 4.68 Å². The number of hydrogen-bond donors (Lipinski definition) is 2. The van der Waals surface area contributed by atoms with Gasteiger partial charge in [0.05, 0.1) is 26.4 Å². The van der Waals surface area contributed by atoms with Crippen molar-refractivity contribution < 1.29 is 9.47 Å². The van der Waals surface area contributed by atoms with E-state index in [1.165, 1.54) is 5.56 Å². The van der Waals surface area contributed by atoms with Gasteiger partial charge >= 0.3 is 0 Å². The number of guanidine groups is 1. The zero-order chi connectivity index (χ0) is 19.9. The van der Waals surface area contributed by atoms with Crippen LogP contribution < -0.4 is 10.6 Å². The fourth-order valence-electron chi connectivity index (χ4n) is 2.66. The highest BCUT2D eigenvalue weighted by Crippen LogP contribution is 2.08. The van der Waals surface area contributed by atoms with Gasteiger partial charge < -0.3 is 20.1 Å². The number of benzene rings is 1. The molecule has 0 amide bonds. The van der Waals surface area contributed by atoms with Gasteiger partial charge in [-0.2, -0.15) is 5.10 Å². The Hall–Kier alpha value is -1.65. The quantitative estimate of drug-likeness (QED) is 0.186. The number of hydrogen-bond acceptors (Lipinski definition) is 4. The SMILES string of the molecule is CCNC(=NCc1cccc(COCCOCC)c1)NCCCn1cccn1.I. The van der Waals surface area contributed by atoms with E-state index < -0.39 is 0 Å². The highest BCUT2D eigenvalue weighted by atomic mass is 127. The first-order chi connectivity index (χ1) is 13.8. The number of ether oxygens (including phenoxy) is 2. The average molecular weight is 515 g/mol. The molecule has 1 aromatic carbocycles. The second-order valence-corrected chi connectivity index (χ2v) is 6.31. The van der Waals surface area contributed by atoms with Crippen LogP contribution in [0.4, 0.5) is 0 Å². The number of aryl methyl sites for hydroxylation is 1. The van der Waals surface area contributed by atoms with Gasteiger partial charge in [0.1, 0.15) is 0 Å². The summed E-state index contributed by atoms with van der Waals surface area (Å²) in [5, 5.41) is 10.9. The molecule has 0 spiro atoms. The lowest BCUT2D eigenvalue weighted by molar-refractivity contribution is 0.0453. The summed E-state index contributed by atoms with van der Waals surface area (Å²) in [7, 11) is 0. The van der Waals surface area contributed by atoms with E-state index >= 15 is 0 Å². The molecule has 1 heterocycles. The molecule has 0 saturated heterocycles. The minimum atomic E-state index is 0. The first kappa shape index (κ1) is 25.4. The van der Waals surface area contributed by atoms with Crippen LogP contribution >= 0.6 is 24.0 Å². The van der Waals surface area contributed by atoms with Crippen LogP contribution in [-0.2, 0) is 29.2 Å². The third kappa shape index (κ3) is 11.2. The van der Waals surface area contributed by atoms with Crippen molar-refractivity contribution in [2.75, 3.05) is 32.9 Å². The van der Waals surface area contributed by atoms with Crippen molar-refractivity contribution in [3.63, 3.8) is 0 Å². The molecule has 7 nitrogen and oxygen atoms in total. The summed E-state index contributed by atoms with van der Waals surface area (Å²) in [6, 6.07) is 10.3. The van der Waals surface area contributed by atoms with Crippen LogP contribution in [0.25, 0.3) is 0 Å². The monoisotopic (exact) mass is 515 g/mol. The Balaban J connectivity index is 0.00000420. The van der Waals surface area contributed by atoms with Crippen molar-refractivity contribution in [1.29, 1.82) is 0 Å². The third-order valence-electron chi connectivity index (χ3n) is 4.02. The first-order valence-electron chi connectivity index (χ1n) is 10.0. The Labute approximate surface area is 191 Å². The Morgan fingerprint density at radius 1 is 1.10 bits per heavy atom. The van der Waals surface area contributed by atoms with Gasteiger partial charge in [-0.1, -0.05) is 24.3 Å². The van der Waals surface area contributed by atoms with E-state index in [0.29, 0.717) is 26.4 Å². The van der Waals surface area contributed by atoms with E-state index in [0.717, 1.165) is 44.2 Å². The van der Waals surface area contributed by atoms with Crippen molar-refractivity contribution in [2.24, 2.45) is 4.99 Å². The van der Waals surface area contributed by atoms with Crippen LogP contribution in [0.3, 0.4) is 0 Å². The van der Waals surface area contributed by atoms with Crippen LogP contribution in [-0.4, -0.2) is 48.7 Å². The summed E-state index contributed by atoms with van der Waals surface area (Å²) in [4.78, 5) is 4.69. The molecule has 8 heteroatoms. The predicted octanol–water partition coefficient (Wildman–Crippen LogP) is 3.20. The van der Waals surface area contributed by atoms with Crippen molar-refractivity contribution >= 4 is 29.9 Å². The third-order valence-corrected chi connectivity index (χ3v) is 4.02. The van der Waals surface area contributed by atoms with Crippen LogP contribution in [0.2, 0.25) is 0 Å². The zero-order valence-electron chi connectivity index (χ0n) is 17.5. The molecule has 2 N–H and O–H groups in total. The van der Waals surface area contributed by atoms with E-state index in [1.54, 1.807) is 6.20 Å². The minimum Gasteiger partial charge on any atom is -0.379 e. The molecule has 0 saturated carbocycles. The molecule has 0 unspecified atom stereocenters. The van der Waals surface area contributed by atoms with Gasteiger partial charge in [0, 0.05) is 38.6 Å². The van der Waals surface area contributed by atoms with E-state index in [1.807, 2.05) is 23.9 Å². The molecule has 0 aliphatic rings. The summed E-state index contributed by atoms with van der Waals surface area (Å²) >= 11 is 0. The molecular formula is C21H34IN5O2. The Morgan fingerprint density at radius 2 is 1.93 bits per heavy atom. The molecule has 0 aliphatic heterocycles. The normalized spacial score (nSPS) is 11.2. The standard InChI is InChI=1S/C21H33N5O2.HI/c1-3-22-21(23-10-6-12-26-13-7-11-25-26)24-17-19-8-5-9-20(16-19)18-28-15-14-27-4-2;/h5,7-9,11,13,16H,3-4,6,10,12,14-15,17-18H2,1-2H3,(H2,22,23,24);1H. The number of nitrogens with one attached hydrogen (secondary N) is 2. The highest BCUT2D eigenvalue weighted by Gasteiger charge is 2.00. The van der Waals surface area contributed by atoms with Crippen LogP contribution in [0.5, 0.6) is 0 Å². The largest absolute Gasteiger partial charge is 0.379 e. The van der Waals surface area contributed by atoms with Crippen molar-refractivity contribution in [2.45, 2.75) is 40.0 Å². The predicted molar refractivity (Wildman–Crippen MR) is 128 cm³/mol. The fraction of sp³-hybridized carbons (Fsp3) is 0.524. The Kier molecular flexibility index (Phi) is 14.2. The number of nitrogens with zero attached hydrogens (tertiary/aromatic N) is 3. The Bertz CT molecular complexity index is 679. The van der Waals surface area contributed by atoms with Gasteiger partial charge in [-0.25, -0.2) is 4.99 Å². The van der Waals surface area contributed by atoms with E-state index in [2.05, 4.69) is 46.9 Å². The molecule has 0 radical (unpaired) electrons. The Morgan fingerprint density at radius 3 is 2.69 bits per heavy atom. The molecule has 0 fully saturated rings. The summed E-state index contributed by atoms with van der Waals surface area (Å²) in [6.45, 7) is 9.83.